The number of carbonyl (C=O) groups excluding carboxylic acids is 4. The molecule has 0 radical (unpaired) electrons. The summed E-state index contributed by atoms with van der Waals surface area (Å²) in [4.78, 5) is 57.4. The lowest BCUT2D eigenvalue weighted by atomic mass is 9.84. The highest BCUT2D eigenvalue weighted by Gasteiger charge is 2.85. The number of nitrogens with one attached hydrogen (secondary N) is 3. The zero-order valence-corrected chi connectivity index (χ0v) is 23.1. The first-order valence-corrected chi connectivity index (χ1v) is 12.4. The van der Waals surface area contributed by atoms with E-state index in [0.29, 0.717) is 12.1 Å². The third kappa shape index (κ3) is 4.24. The lowest BCUT2D eigenvalue weighted by molar-refractivity contribution is -0.146. The molecule has 1 saturated carbocycles. The molecule has 2 fully saturated rings. The van der Waals surface area contributed by atoms with Crippen molar-refractivity contribution in [1.29, 1.82) is 5.26 Å². The van der Waals surface area contributed by atoms with Gasteiger partial charge in [0.2, 0.25) is 17.7 Å². The normalized spacial score (nSPS) is 27.2. The molecule has 2 heterocycles. The molecule has 3 rings (SSSR count). The van der Waals surface area contributed by atoms with Crippen molar-refractivity contribution in [3.8, 4) is 6.07 Å². The Hall–Kier alpha value is -3.48. The van der Waals surface area contributed by atoms with E-state index in [2.05, 4.69) is 47.8 Å². The Kier molecular flexibility index (Phi) is 6.93. The molecular formula is C27H38N6O4. The Labute approximate surface area is 218 Å². The van der Waals surface area contributed by atoms with Crippen molar-refractivity contribution in [3.63, 3.8) is 0 Å². The molecule has 1 unspecified atom stereocenters. The maximum Gasteiger partial charge on any atom is 0.252 e. The predicted molar refractivity (Wildman–Crippen MR) is 137 cm³/mol. The third-order valence-electron chi connectivity index (χ3n) is 9.10. The average molecular weight is 511 g/mol. The van der Waals surface area contributed by atoms with Crippen LogP contribution in [0, 0.1) is 33.0 Å². The second-order valence-electron chi connectivity index (χ2n) is 12.2. The van der Waals surface area contributed by atoms with Crippen molar-refractivity contribution < 1.29 is 19.2 Å². The number of amides is 4. The summed E-state index contributed by atoms with van der Waals surface area (Å²) in [5, 5.41) is 18.0. The lowest BCUT2D eigenvalue weighted by Gasteiger charge is -2.39. The number of piperidine rings is 1. The quantitative estimate of drug-likeness (QED) is 0.533. The van der Waals surface area contributed by atoms with Crippen molar-refractivity contribution in [2.75, 3.05) is 13.6 Å². The standard InChI is InChI=1S/C27H38N6O4/c1-15(34)31-19(24(2,3)4)23(37)33-14-26(7)25(5,6)27(26,8)20(33)22(36)32-18(11-28)16-10-17(13-30-12-16)21(35)29-9/h10,12-13,18-20H,14H2,1-9H3,(H,29,35)(H,31,34)(H,32,36)/t18?,19-,20-,26-,27+/m1/s1. The van der Waals surface area contributed by atoms with E-state index >= 15 is 0 Å². The van der Waals surface area contributed by atoms with Crippen molar-refractivity contribution in [3.05, 3.63) is 29.6 Å². The van der Waals surface area contributed by atoms with E-state index in [1.54, 1.807) is 4.90 Å². The molecule has 2 aliphatic rings. The highest BCUT2D eigenvalue weighted by Crippen LogP contribution is 2.83. The largest absolute Gasteiger partial charge is 0.355 e. The fourth-order valence-corrected chi connectivity index (χ4v) is 6.16. The van der Waals surface area contributed by atoms with Gasteiger partial charge in [-0.15, -0.1) is 0 Å². The van der Waals surface area contributed by atoms with Crippen LogP contribution in [0.15, 0.2) is 18.5 Å². The monoisotopic (exact) mass is 510 g/mol. The molecule has 0 bridgehead atoms. The summed E-state index contributed by atoms with van der Waals surface area (Å²) < 4.78 is 0. The topological polar surface area (TPSA) is 144 Å². The van der Waals surface area contributed by atoms with E-state index in [4.69, 9.17) is 0 Å². The first-order valence-electron chi connectivity index (χ1n) is 12.4. The van der Waals surface area contributed by atoms with Gasteiger partial charge in [-0.3, -0.25) is 24.2 Å². The van der Waals surface area contributed by atoms with E-state index in [-0.39, 0.29) is 34.1 Å². The zero-order valence-electron chi connectivity index (χ0n) is 23.1. The summed E-state index contributed by atoms with van der Waals surface area (Å²) in [6, 6.07) is 0.833. The predicted octanol–water partition coefficient (Wildman–Crippen LogP) is 1.94. The molecule has 10 heteroatoms. The van der Waals surface area contributed by atoms with Crippen LogP contribution < -0.4 is 16.0 Å². The second-order valence-corrected chi connectivity index (χ2v) is 12.2. The van der Waals surface area contributed by atoms with Crippen molar-refractivity contribution in [2.45, 2.75) is 73.5 Å². The number of hydrogen-bond donors (Lipinski definition) is 3. The summed E-state index contributed by atoms with van der Waals surface area (Å²) in [6.45, 7) is 15.6. The Morgan fingerprint density at radius 2 is 1.76 bits per heavy atom. The van der Waals surface area contributed by atoms with E-state index in [1.807, 2.05) is 27.7 Å². The summed E-state index contributed by atoms with van der Waals surface area (Å²) in [5.74, 6) is -1.48. The van der Waals surface area contributed by atoms with Gasteiger partial charge in [0.25, 0.3) is 5.91 Å². The Morgan fingerprint density at radius 1 is 1.14 bits per heavy atom. The van der Waals surface area contributed by atoms with Gasteiger partial charge in [0.05, 0.1) is 11.6 Å². The van der Waals surface area contributed by atoms with E-state index in [9.17, 15) is 24.4 Å². The Balaban J connectivity index is 1.98. The zero-order chi connectivity index (χ0) is 28.1. The van der Waals surface area contributed by atoms with Crippen molar-refractivity contribution in [2.24, 2.45) is 21.7 Å². The number of likely N-dealkylation sites (tertiary alicyclic amines) is 1. The van der Waals surface area contributed by atoms with Gasteiger partial charge in [0.15, 0.2) is 0 Å². The van der Waals surface area contributed by atoms with Crippen LogP contribution in [-0.4, -0.2) is 59.2 Å². The Bertz CT molecular complexity index is 1180. The van der Waals surface area contributed by atoms with E-state index in [0.717, 1.165) is 0 Å². The molecule has 5 atom stereocenters. The first-order chi connectivity index (χ1) is 17.0. The fourth-order valence-electron chi connectivity index (χ4n) is 6.16. The van der Waals surface area contributed by atoms with Crippen LogP contribution in [-0.2, 0) is 14.4 Å². The lowest BCUT2D eigenvalue weighted by Crippen LogP contribution is -2.60. The molecule has 0 aromatic carbocycles. The number of fused-ring (bicyclic) bond motifs is 1. The van der Waals surface area contributed by atoms with Crippen LogP contribution in [0.25, 0.3) is 0 Å². The molecule has 200 valence electrons. The van der Waals surface area contributed by atoms with Crippen LogP contribution in [0.2, 0.25) is 0 Å². The minimum atomic E-state index is -1.08. The molecule has 37 heavy (non-hydrogen) atoms. The van der Waals surface area contributed by atoms with Crippen LogP contribution in [0.4, 0.5) is 0 Å². The fraction of sp³-hybridized carbons (Fsp3) is 0.630. The number of rotatable bonds is 6. The van der Waals surface area contributed by atoms with Gasteiger partial charge >= 0.3 is 0 Å². The van der Waals surface area contributed by atoms with E-state index in [1.165, 1.54) is 32.4 Å². The molecule has 0 spiro atoms. The van der Waals surface area contributed by atoms with Gasteiger partial charge in [-0.1, -0.05) is 48.5 Å². The number of nitriles is 1. The number of nitrogens with zero attached hydrogens (tertiary/aromatic N) is 3. The molecule has 4 amide bonds. The smallest absolute Gasteiger partial charge is 0.252 e. The third-order valence-corrected chi connectivity index (χ3v) is 9.10. The maximum atomic E-state index is 13.9. The van der Waals surface area contributed by atoms with Gasteiger partial charge < -0.3 is 20.9 Å². The summed E-state index contributed by atoms with van der Waals surface area (Å²) >= 11 is 0. The van der Waals surface area contributed by atoms with Crippen molar-refractivity contribution >= 4 is 23.6 Å². The van der Waals surface area contributed by atoms with Gasteiger partial charge in [0.1, 0.15) is 18.1 Å². The first kappa shape index (κ1) is 28.1. The molecule has 1 saturated heterocycles. The minimum absolute atomic E-state index is 0.243. The maximum absolute atomic E-state index is 13.9. The summed E-state index contributed by atoms with van der Waals surface area (Å²) in [5.41, 5.74) is -1.10. The number of hydrogen-bond acceptors (Lipinski definition) is 6. The van der Waals surface area contributed by atoms with Crippen LogP contribution in [0.1, 0.15) is 77.4 Å². The number of pyridine rings is 1. The molecule has 1 aromatic rings. The molecule has 10 nitrogen and oxygen atoms in total. The summed E-state index contributed by atoms with van der Waals surface area (Å²) in [7, 11) is 1.49. The van der Waals surface area contributed by atoms with Gasteiger partial charge in [0, 0.05) is 43.9 Å². The van der Waals surface area contributed by atoms with Crippen LogP contribution >= 0.6 is 0 Å². The molecule has 1 aliphatic heterocycles. The highest BCUT2D eigenvalue weighted by molar-refractivity contribution is 5.95. The van der Waals surface area contributed by atoms with E-state index < -0.39 is 34.9 Å². The van der Waals surface area contributed by atoms with Crippen LogP contribution in [0.5, 0.6) is 0 Å². The van der Waals surface area contributed by atoms with Crippen LogP contribution in [0.3, 0.4) is 0 Å². The molecule has 1 aromatic heterocycles. The van der Waals surface area contributed by atoms with Gasteiger partial charge in [-0.25, -0.2) is 0 Å². The SMILES string of the molecule is CNC(=O)c1cncc(C(C#N)NC(=O)[C@H]2N(C(=O)[C@@H](NC(C)=O)C(C)(C)C)C[C@]3(C)C(C)(C)[C@]23C)c1. The van der Waals surface area contributed by atoms with Gasteiger partial charge in [-0.2, -0.15) is 5.26 Å². The molecule has 1 aliphatic carbocycles. The second kappa shape index (κ2) is 9.12. The Morgan fingerprint density at radius 3 is 2.27 bits per heavy atom. The highest BCUT2D eigenvalue weighted by atomic mass is 16.2. The average Bonchev–Trinajstić information content (AvgIpc) is 3.02. The van der Waals surface area contributed by atoms with Gasteiger partial charge in [-0.05, 0) is 22.3 Å². The molecule has 3 N–H and O–H groups in total. The van der Waals surface area contributed by atoms with Crippen molar-refractivity contribution in [1.82, 2.24) is 25.8 Å². The minimum Gasteiger partial charge on any atom is -0.355 e. The molecular weight excluding hydrogens is 472 g/mol. The summed E-state index contributed by atoms with van der Waals surface area (Å²) in [6.07, 6.45) is 2.81. The number of aromatic nitrogens is 1. The number of carbonyl (C=O) groups is 4.